The Kier molecular flexibility index (Phi) is 7.33. The van der Waals surface area contributed by atoms with E-state index in [9.17, 15) is 13.2 Å². The van der Waals surface area contributed by atoms with Crippen LogP contribution in [0.15, 0.2) is 71.6 Å². The Hall–Kier alpha value is -3.16. The summed E-state index contributed by atoms with van der Waals surface area (Å²) in [6, 6.07) is 18.7. The number of ether oxygens (including phenoxy) is 1. The van der Waals surface area contributed by atoms with E-state index in [1.807, 2.05) is 62.4 Å². The summed E-state index contributed by atoms with van der Waals surface area (Å²) in [6.45, 7) is 5.60. The fraction of sp³-hybridized carbons (Fsp3) is 0.240. The molecule has 1 unspecified atom stereocenters. The molecule has 3 aromatic rings. The minimum atomic E-state index is -3.95. The summed E-state index contributed by atoms with van der Waals surface area (Å²) >= 11 is 0. The Bertz CT molecular complexity index is 1210. The van der Waals surface area contributed by atoms with Gasteiger partial charge in [-0.05, 0) is 73.7 Å². The van der Waals surface area contributed by atoms with Crippen molar-refractivity contribution in [3.8, 4) is 5.75 Å². The smallest absolute Gasteiger partial charge is 0.242 e. The molecular formula is C25H28N2O4S. The summed E-state index contributed by atoms with van der Waals surface area (Å²) in [5, 5.41) is 2.89. The molecule has 7 heteroatoms. The van der Waals surface area contributed by atoms with Crippen molar-refractivity contribution in [2.24, 2.45) is 0 Å². The number of hydrogen-bond acceptors (Lipinski definition) is 4. The van der Waals surface area contributed by atoms with Crippen LogP contribution >= 0.6 is 0 Å². The van der Waals surface area contributed by atoms with E-state index in [4.69, 9.17) is 4.74 Å². The third-order valence-electron chi connectivity index (χ3n) is 5.22. The normalized spacial score (nSPS) is 12.2. The molecule has 0 aliphatic rings. The minimum Gasteiger partial charge on any atom is -0.496 e. The van der Waals surface area contributed by atoms with Crippen molar-refractivity contribution >= 4 is 21.6 Å². The average Bonchev–Trinajstić information content (AvgIpc) is 2.76. The van der Waals surface area contributed by atoms with Gasteiger partial charge in [0.05, 0.1) is 12.0 Å². The predicted octanol–water partition coefficient (Wildman–Crippen LogP) is 4.15. The highest BCUT2D eigenvalue weighted by Crippen LogP contribution is 2.22. The van der Waals surface area contributed by atoms with E-state index >= 15 is 0 Å². The number of benzene rings is 3. The molecule has 1 amide bonds. The van der Waals surface area contributed by atoms with Crippen LogP contribution in [0, 0.1) is 20.8 Å². The summed E-state index contributed by atoms with van der Waals surface area (Å²) in [4.78, 5) is 13.3. The number of aryl methyl sites for hydroxylation is 3. The zero-order valence-electron chi connectivity index (χ0n) is 18.7. The van der Waals surface area contributed by atoms with Crippen molar-refractivity contribution in [2.45, 2.75) is 38.1 Å². The van der Waals surface area contributed by atoms with Crippen molar-refractivity contribution in [3.05, 3.63) is 89.0 Å². The molecule has 6 nitrogen and oxygen atoms in total. The van der Waals surface area contributed by atoms with Crippen molar-refractivity contribution in [2.75, 3.05) is 12.4 Å². The molecule has 168 valence electrons. The Morgan fingerprint density at radius 1 is 0.938 bits per heavy atom. The fourth-order valence-corrected chi connectivity index (χ4v) is 4.68. The lowest BCUT2D eigenvalue weighted by atomic mass is 10.1. The average molecular weight is 453 g/mol. The predicted molar refractivity (Wildman–Crippen MR) is 127 cm³/mol. The first kappa shape index (κ1) is 23.5. The number of methoxy groups -OCH3 is 1. The highest BCUT2D eigenvalue weighted by molar-refractivity contribution is 7.89. The lowest BCUT2D eigenvalue weighted by molar-refractivity contribution is -0.117. The SMILES string of the molecule is COc1ccc(S(=O)(=O)NC(Cc2ccccc2)C(=O)Nc2cc(C)ccc2C)cc1C. The maximum absolute atomic E-state index is 13.2. The van der Waals surface area contributed by atoms with Crippen LogP contribution in [0.3, 0.4) is 0 Å². The maximum Gasteiger partial charge on any atom is 0.242 e. The van der Waals surface area contributed by atoms with Gasteiger partial charge < -0.3 is 10.1 Å². The van der Waals surface area contributed by atoms with Gasteiger partial charge in [-0.3, -0.25) is 4.79 Å². The molecule has 0 fully saturated rings. The minimum absolute atomic E-state index is 0.0772. The summed E-state index contributed by atoms with van der Waals surface area (Å²) in [5.41, 5.74) is 4.10. The van der Waals surface area contributed by atoms with Crippen molar-refractivity contribution < 1.29 is 17.9 Å². The second-order valence-corrected chi connectivity index (χ2v) is 9.52. The molecule has 0 radical (unpaired) electrons. The van der Waals surface area contributed by atoms with Gasteiger partial charge >= 0.3 is 0 Å². The first-order valence-electron chi connectivity index (χ1n) is 10.3. The quantitative estimate of drug-likeness (QED) is 0.538. The van der Waals surface area contributed by atoms with Gasteiger partial charge in [0.25, 0.3) is 0 Å². The third-order valence-corrected chi connectivity index (χ3v) is 6.69. The number of nitrogens with one attached hydrogen (secondary N) is 2. The van der Waals surface area contributed by atoms with Crippen LogP contribution in [0.2, 0.25) is 0 Å². The van der Waals surface area contributed by atoms with Crippen molar-refractivity contribution in [1.82, 2.24) is 4.72 Å². The topological polar surface area (TPSA) is 84.5 Å². The van der Waals surface area contributed by atoms with Gasteiger partial charge in [0.15, 0.2) is 0 Å². The van der Waals surface area contributed by atoms with E-state index < -0.39 is 22.0 Å². The van der Waals surface area contributed by atoms with E-state index in [-0.39, 0.29) is 11.3 Å². The molecule has 0 bridgehead atoms. The summed E-state index contributed by atoms with van der Waals surface area (Å²) in [7, 11) is -2.42. The first-order chi connectivity index (χ1) is 15.2. The van der Waals surface area contributed by atoms with Crippen molar-refractivity contribution in [3.63, 3.8) is 0 Å². The summed E-state index contributed by atoms with van der Waals surface area (Å²) in [6.07, 6.45) is 0.214. The van der Waals surface area contributed by atoms with Crippen molar-refractivity contribution in [1.29, 1.82) is 0 Å². The maximum atomic E-state index is 13.2. The molecule has 0 aromatic heterocycles. The highest BCUT2D eigenvalue weighted by atomic mass is 32.2. The number of sulfonamides is 1. The van der Waals surface area contributed by atoms with Crippen LogP contribution in [0.25, 0.3) is 0 Å². The van der Waals surface area contributed by atoms with Gasteiger partial charge in [0.2, 0.25) is 15.9 Å². The molecule has 3 rings (SSSR count). The van der Waals surface area contributed by atoms with Crippen LogP contribution < -0.4 is 14.8 Å². The van der Waals surface area contributed by atoms with Gasteiger partial charge in [-0.25, -0.2) is 8.42 Å². The van der Waals surface area contributed by atoms with E-state index in [1.54, 1.807) is 13.0 Å². The Morgan fingerprint density at radius 3 is 2.31 bits per heavy atom. The zero-order chi connectivity index (χ0) is 23.3. The number of rotatable bonds is 8. The zero-order valence-corrected chi connectivity index (χ0v) is 19.5. The largest absolute Gasteiger partial charge is 0.496 e. The summed E-state index contributed by atoms with van der Waals surface area (Å²) in [5.74, 6) is 0.175. The standard InChI is InChI=1S/C25H28N2O4S/c1-17-10-11-18(2)22(14-17)26-25(28)23(16-20-8-6-5-7-9-20)27-32(29,30)21-12-13-24(31-4)19(3)15-21/h5-15,23,27H,16H2,1-4H3,(H,26,28). The molecule has 32 heavy (non-hydrogen) atoms. The lowest BCUT2D eigenvalue weighted by Crippen LogP contribution is -2.45. The molecule has 0 aliphatic heterocycles. The second-order valence-electron chi connectivity index (χ2n) is 7.80. The monoisotopic (exact) mass is 452 g/mol. The van der Waals surface area contributed by atoms with Gasteiger partial charge in [-0.2, -0.15) is 4.72 Å². The number of hydrogen-bond donors (Lipinski definition) is 2. The first-order valence-corrected chi connectivity index (χ1v) is 11.8. The summed E-state index contributed by atoms with van der Waals surface area (Å²) < 4.78 is 34.1. The third kappa shape index (κ3) is 5.75. The van der Waals surface area contributed by atoms with Gasteiger partial charge in [0, 0.05) is 5.69 Å². The van der Waals surface area contributed by atoms with Crippen LogP contribution in [0.1, 0.15) is 22.3 Å². The Morgan fingerprint density at radius 2 is 1.66 bits per heavy atom. The number of carbonyl (C=O) groups is 1. The molecule has 0 aliphatic carbocycles. The van der Waals surface area contributed by atoms with Crippen LogP contribution in [-0.4, -0.2) is 27.5 Å². The molecule has 0 spiro atoms. The molecular weight excluding hydrogens is 424 g/mol. The molecule has 3 aromatic carbocycles. The number of amides is 1. The van der Waals surface area contributed by atoms with E-state index in [0.717, 1.165) is 16.7 Å². The van der Waals surface area contributed by atoms with E-state index in [0.29, 0.717) is 17.0 Å². The molecule has 1 atom stereocenters. The molecule has 0 saturated carbocycles. The Labute approximate surface area is 189 Å². The fourth-order valence-electron chi connectivity index (χ4n) is 3.40. The lowest BCUT2D eigenvalue weighted by Gasteiger charge is -2.20. The van der Waals surface area contributed by atoms with Gasteiger partial charge in [-0.1, -0.05) is 42.5 Å². The van der Waals surface area contributed by atoms with E-state index in [2.05, 4.69) is 10.0 Å². The van der Waals surface area contributed by atoms with E-state index in [1.165, 1.54) is 19.2 Å². The van der Waals surface area contributed by atoms with Crippen LogP contribution in [-0.2, 0) is 21.2 Å². The highest BCUT2D eigenvalue weighted by Gasteiger charge is 2.27. The van der Waals surface area contributed by atoms with Crippen LogP contribution in [0.4, 0.5) is 5.69 Å². The van der Waals surface area contributed by atoms with Crippen LogP contribution in [0.5, 0.6) is 5.75 Å². The molecule has 0 heterocycles. The Balaban J connectivity index is 1.90. The molecule has 0 saturated heterocycles. The number of anilines is 1. The second kappa shape index (κ2) is 9.97. The molecule has 2 N–H and O–H groups in total. The van der Waals surface area contributed by atoms with Gasteiger partial charge in [0.1, 0.15) is 11.8 Å². The number of carbonyl (C=O) groups excluding carboxylic acids is 1. The van der Waals surface area contributed by atoms with Gasteiger partial charge in [-0.15, -0.1) is 0 Å².